The molecule has 0 aliphatic carbocycles. The molecule has 2 aromatic carbocycles. The summed E-state index contributed by atoms with van der Waals surface area (Å²) in [4.78, 5) is 0. The van der Waals surface area contributed by atoms with E-state index >= 15 is 0 Å². The third kappa shape index (κ3) is 3.42. The molecule has 0 saturated carbocycles. The molecule has 24 heavy (non-hydrogen) atoms. The van der Waals surface area contributed by atoms with Gasteiger partial charge in [0, 0.05) is 24.6 Å². The van der Waals surface area contributed by atoms with Gasteiger partial charge in [-0.05, 0) is 11.6 Å². The third-order valence-electron chi connectivity index (χ3n) is 4.54. The second-order valence-electron chi connectivity index (χ2n) is 5.76. The highest BCUT2D eigenvalue weighted by Crippen LogP contribution is 2.44. The number of para-hydroxylation sites is 1. The first-order valence-corrected chi connectivity index (χ1v) is 7.96. The van der Waals surface area contributed by atoms with Gasteiger partial charge in [-0.1, -0.05) is 48.5 Å². The summed E-state index contributed by atoms with van der Waals surface area (Å²) in [5.74, 6) is 0.610. The number of rotatable bonds is 5. The molecule has 1 aliphatic heterocycles. The number of hydrogen-bond donors (Lipinski definition) is 2. The largest absolute Gasteiger partial charge is 0.496 e. The second-order valence-corrected chi connectivity index (χ2v) is 5.76. The van der Waals surface area contributed by atoms with E-state index < -0.39 is 5.60 Å². The van der Waals surface area contributed by atoms with E-state index in [-0.39, 0.29) is 24.9 Å². The number of hydrogen-bond acceptors (Lipinski definition) is 4. The van der Waals surface area contributed by atoms with Crippen LogP contribution < -0.4 is 10.1 Å². The lowest BCUT2D eigenvalue weighted by atomic mass is 9.76. The number of benzene rings is 2. The van der Waals surface area contributed by atoms with Gasteiger partial charge in [-0.15, -0.1) is 12.4 Å². The Hall–Kier alpha value is -1.59. The fourth-order valence-electron chi connectivity index (χ4n) is 3.42. The van der Waals surface area contributed by atoms with Crippen LogP contribution in [0.5, 0.6) is 5.75 Å². The summed E-state index contributed by atoms with van der Waals surface area (Å²) in [5.41, 5.74) is 1.38. The second kappa shape index (κ2) is 8.49. The van der Waals surface area contributed by atoms with E-state index in [4.69, 9.17) is 9.47 Å². The fraction of sp³-hybridized carbons (Fsp3) is 0.368. The predicted molar refractivity (Wildman–Crippen MR) is 97.0 cm³/mol. The lowest BCUT2D eigenvalue weighted by Gasteiger charge is -2.44. The van der Waals surface area contributed by atoms with Gasteiger partial charge in [-0.3, -0.25) is 0 Å². The van der Waals surface area contributed by atoms with Crippen LogP contribution in [0, 0.1) is 0 Å². The number of aliphatic hydroxyl groups is 1. The molecule has 0 radical (unpaired) electrons. The van der Waals surface area contributed by atoms with E-state index in [9.17, 15) is 5.11 Å². The number of methoxy groups -OCH3 is 1. The lowest BCUT2D eigenvalue weighted by molar-refractivity contribution is -0.100. The van der Waals surface area contributed by atoms with Crippen molar-refractivity contribution in [3.63, 3.8) is 0 Å². The molecule has 2 N–H and O–H groups in total. The van der Waals surface area contributed by atoms with Gasteiger partial charge in [-0.2, -0.15) is 0 Å². The summed E-state index contributed by atoms with van der Waals surface area (Å²) < 4.78 is 11.9. The van der Waals surface area contributed by atoms with E-state index in [0.717, 1.165) is 23.4 Å². The van der Waals surface area contributed by atoms with Crippen molar-refractivity contribution in [1.82, 2.24) is 5.32 Å². The topological polar surface area (TPSA) is 50.7 Å². The van der Waals surface area contributed by atoms with Crippen LogP contribution in [-0.4, -0.2) is 38.5 Å². The normalized spacial score (nSPS) is 21.6. The Bertz CT molecular complexity index is 630. The van der Waals surface area contributed by atoms with Crippen LogP contribution >= 0.6 is 12.4 Å². The summed E-state index contributed by atoms with van der Waals surface area (Å²) in [7, 11) is 1.67. The molecule has 2 unspecified atom stereocenters. The third-order valence-corrected chi connectivity index (χ3v) is 4.54. The van der Waals surface area contributed by atoms with Crippen LogP contribution in [-0.2, 0) is 10.3 Å². The highest BCUT2D eigenvalue weighted by Gasteiger charge is 2.45. The van der Waals surface area contributed by atoms with Crippen LogP contribution in [0.1, 0.15) is 17.0 Å². The molecule has 130 valence electrons. The van der Waals surface area contributed by atoms with Crippen molar-refractivity contribution in [1.29, 1.82) is 0 Å². The maximum Gasteiger partial charge on any atom is 0.125 e. The van der Waals surface area contributed by atoms with E-state index in [1.54, 1.807) is 7.11 Å². The minimum atomic E-state index is -0.652. The Kier molecular flexibility index (Phi) is 6.63. The van der Waals surface area contributed by atoms with Gasteiger partial charge in [-0.25, -0.2) is 0 Å². The maximum atomic E-state index is 10.2. The molecule has 5 heteroatoms. The summed E-state index contributed by atoms with van der Waals surface area (Å²) in [6.45, 7) is 2.04. The molecule has 1 heterocycles. The average Bonchev–Trinajstić information content (AvgIpc) is 2.64. The van der Waals surface area contributed by atoms with Crippen molar-refractivity contribution in [2.24, 2.45) is 0 Å². The molecule has 1 saturated heterocycles. The summed E-state index contributed by atoms with van der Waals surface area (Å²) in [5, 5.41) is 13.6. The van der Waals surface area contributed by atoms with Gasteiger partial charge in [0.05, 0.1) is 20.3 Å². The average molecular weight is 350 g/mol. The molecular weight excluding hydrogens is 326 g/mol. The van der Waals surface area contributed by atoms with Crippen molar-refractivity contribution in [2.45, 2.75) is 11.5 Å². The molecule has 0 bridgehead atoms. The van der Waals surface area contributed by atoms with E-state index in [0.29, 0.717) is 13.2 Å². The number of nitrogens with one attached hydrogen (secondary N) is 1. The Balaban J connectivity index is 0.00000208. The van der Waals surface area contributed by atoms with Crippen LogP contribution in [0.3, 0.4) is 0 Å². The monoisotopic (exact) mass is 349 g/mol. The molecule has 4 nitrogen and oxygen atoms in total. The quantitative estimate of drug-likeness (QED) is 0.871. The summed E-state index contributed by atoms with van der Waals surface area (Å²) >= 11 is 0. The number of aliphatic hydroxyl groups excluding tert-OH is 1. The molecule has 0 spiro atoms. The van der Waals surface area contributed by atoms with Gasteiger partial charge in [0.15, 0.2) is 0 Å². The number of morpholine rings is 1. The number of halogens is 1. The van der Waals surface area contributed by atoms with Gasteiger partial charge >= 0.3 is 0 Å². The lowest BCUT2D eigenvalue weighted by Crippen LogP contribution is -2.52. The molecule has 1 aliphatic rings. The Morgan fingerprint density at radius 1 is 1.17 bits per heavy atom. The highest BCUT2D eigenvalue weighted by atomic mass is 35.5. The Morgan fingerprint density at radius 2 is 1.88 bits per heavy atom. The van der Waals surface area contributed by atoms with Crippen molar-refractivity contribution < 1.29 is 14.6 Å². The molecular formula is C19H24ClNO3. The minimum absolute atomic E-state index is 0. The smallest absolute Gasteiger partial charge is 0.125 e. The SMILES string of the molecule is COc1ccccc1C1(C(CO)c2ccccc2)CNCCO1.Cl. The van der Waals surface area contributed by atoms with Crippen LogP contribution in [0.4, 0.5) is 0 Å². The fourth-order valence-corrected chi connectivity index (χ4v) is 3.42. The molecule has 2 atom stereocenters. The van der Waals surface area contributed by atoms with E-state index in [2.05, 4.69) is 5.32 Å². The van der Waals surface area contributed by atoms with Crippen molar-refractivity contribution in [3.05, 3.63) is 65.7 Å². The van der Waals surface area contributed by atoms with Gasteiger partial charge < -0.3 is 19.9 Å². The zero-order valence-electron chi connectivity index (χ0n) is 13.8. The van der Waals surface area contributed by atoms with Gasteiger partial charge in [0.2, 0.25) is 0 Å². The van der Waals surface area contributed by atoms with Crippen molar-refractivity contribution in [3.8, 4) is 5.75 Å². The zero-order chi connectivity index (χ0) is 16.1. The summed E-state index contributed by atoms with van der Waals surface area (Å²) in [6, 6.07) is 17.9. The van der Waals surface area contributed by atoms with Crippen molar-refractivity contribution in [2.75, 3.05) is 33.4 Å². The van der Waals surface area contributed by atoms with E-state index in [1.807, 2.05) is 54.6 Å². The zero-order valence-corrected chi connectivity index (χ0v) is 14.6. The predicted octanol–water partition coefficient (Wildman–Crippen LogP) is 2.71. The summed E-state index contributed by atoms with van der Waals surface area (Å²) in [6.07, 6.45) is 0. The Labute approximate surface area is 149 Å². The first kappa shape index (κ1) is 18.7. The molecule has 0 aromatic heterocycles. The van der Waals surface area contributed by atoms with Crippen molar-refractivity contribution >= 4 is 12.4 Å². The van der Waals surface area contributed by atoms with Crippen LogP contribution in [0.25, 0.3) is 0 Å². The number of ether oxygens (including phenoxy) is 2. The molecule has 3 rings (SSSR count). The van der Waals surface area contributed by atoms with Gasteiger partial charge in [0.25, 0.3) is 0 Å². The standard InChI is InChI=1S/C19H23NO3.ClH/c1-22-18-10-6-5-9-16(18)19(14-20-11-12-23-19)17(13-21)15-7-3-2-4-8-15;/h2-10,17,20-21H,11-14H2,1H3;1H. The van der Waals surface area contributed by atoms with Crippen LogP contribution in [0.15, 0.2) is 54.6 Å². The molecule has 1 fully saturated rings. The first-order valence-electron chi connectivity index (χ1n) is 7.96. The first-order chi connectivity index (χ1) is 11.3. The Morgan fingerprint density at radius 3 is 2.50 bits per heavy atom. The molecule has 0 amide bonds. The van der Waals surface area contributed by atoms with Gasteiger partial charge in [0.1, 0.15) is 11.4 Å². The highest BCUT2D eigenvalue weighted by molar-refractivity contribution is 5.85. The minimum Gasteiger partial charge on any atom is -0.496 e. The molecule has 2 aromatic rings. The van der Waals surface area contributed by atoms with Crippen LogP contribution in [0.2, 0.25) is 0 Å². The maximum absolute atomic E-state index is 10.2. The van der Waals surface area contributed by atoms with E-state index in [1.165, 1.54) is 0 Å².